The van der Waals surface area contributed by atoms with Crippen molar-refractivity contribution in [3.05, 3.63) is 34.6 Å². The van der Waals surface area contributed by atoms with Crippen LogP contribution in [0.4, 0.5) is 13.2 Å². The molecular formula is C13H14F3N3. The van der Waals surface area contributed by atoms with E-state index in [-0.39, 0.29) is 5.69 Å². The third-order valence-electron chi connectivity index (χ3n) is 3.07. The van der Waals surface area contributed by atoms with Crippen molar-refractivity contribution < 1.29 is 13.2 Å². The minimum absolute atomic E-state index is 0.246. The van der Waals surface area contributed by atoms with Gasteiger partial charge in [-0.1, -0.05) is 6.07 Å². The Bertz CT molecular complexity index is 627. The third kappa shape index (κ3) is 2.47. The molecule has 2 rings (SSSR count). The van der Waals surface area contributed by atoms with Crippen molar-refractivity contribution in [2.24, 2.45) is 7.05 Å². The van der Waals surface area contributed by atoms with Crippen molar-refractivity contribution in [2.45, 2.75) is 26.9 Å². The molecule has 0 atom stereocenters. The SMILES string of the molecule is Cc1cc(C)c(-c2cc(C(F)(F)F)n(C)n2)nc1C. The molecule has 0 saturated heterocycles. The summed E-state index contributed by atoms with van der Waals surface area (Å²) in [6.07, 6.45) is -4.41. The number of rotatable bonds is 1. The molecule has 0 aromatic carbocycles. The second kappa shape index (κ2) is 4.36. The highest BCUT2D eigenvalue weighted by Crippen LogP contribution is 2.32. The Morgan fingerprint density at radius 2 is 1.68 bits per heavy atom. The molecule has 0 radical (unpaired) electrons. The first-order valence-corrected chi connectivity index (χ1v) is 5.76. The predicted octanol–water partition coefficient (Wildman–Crippen LogP) is 3.43. The van der Waals surface area contributed by atoms with E-state index in [1.165, 1.54) is 7.05 Å². The third-order valence-corrected chi connectivity index (χ3v) is 3.07. The predicted molar refractivity (Wildman–Crippen MR) is 65.7 cm³/mol. The van der Waals surface area contributed by atoms with Crippen LogP contribution in [0.25, 0.3) is 11.4 Å². The minimum atomic E-state index is -4.41. The van der Waals surface area contributed by atoms with Crippen LogP contribution < -0.4 is 0 Å². The van der Waals surface area contributed by atoms with E-state index in [9.17, 15) is 13.2 Å². The van der Waals surface area contributed by atoms with Gasteiger partial charge in [-0.2, -0.15) is 18.3 Å². The molecule has 19 heavy (non-hydrogen) atoms. The smallest absolute Gasteiger partial charge is 0.263 e. The number of nitrogens with zero attached hydrogens (tertiary/aromatic N) is 3. The Balaban J connectivity index is 2.58. The molecule has 0 saturated carbocycles. The molecule has 2 aromatic heterocycles. The van der Waals surface area contributed by atoms with Crippen LogP contribution in [0.3, 0.4) is 0 Å². The van der Waals surface area contributed by atoms with Crippen molar-refractivity contribution in [1.29, 1.82) is 0 Å². The lowest BCUT2D eigenvalue weighted by molar-refractivity contribution is -0.143. The molecule has 0 amide bonds. The molecule has 3 nitrogen and oxygen atoms in total. The van der Waals surface area contributed by atoms with Gasteiger partial charge in [0.25, 0.3) is 0 Å². The summed E-state index contributed by atoms with van der Waals surface area (Å²) in [5.41, 5.74) is 2.58. The van der Waals surface area contributed by atoms with Crippen LogP contribution in [0, 0.1) is 20.8 Å². The van der Waals surface area contributed by atoms with Crippen LogP contribution in [-0.2, 0) is 13.2 Å². The fraction of sp³-hybridized carbons (Fsp3) is 0.385. The summed E-state index contributed by atoms with van der Waals surface area (Å²) in [5, 5.41) is 3.91. The number of aromatic nitrogens is 3. The molecule has 0 aliphatic rings. The normalized spacial score (nSPS) is 11.9. The van der Waals surface area contributed by atoms with E-state index in [1.807, 2.05) is 26.8 Å². The topological polar surface area (TPSA) is 30.7 Å². The van der Waals surface area contributed by atoms with Gasteiger partial charge < -0.3 is 0 Å². The number of pyridine rings is 1. The largest absolute Gasteiger partial charge is 0.433 e. The van der Waals surface area contributed by atoms with Crippen molar-refractivity contribution in [1.82, 2.24) is 14.8 Å². The summed E-state index contributed by atoms with van der Waals surface area (Å²) in [7, 11) is 1.28. The molecule has 0 unspecified atom stereocenters. The number of hydrogen-bond acceptors (Lipinski definition) is 2. The Kier molecular flexibility index (Phi) is 3.12. The van der Waals surface area contributed by atoms with Crippen LogP contribution in [0.5, 0.6) is 0 Å². The first-order valence-electron chi connectivity index (χ1n) is 5.76. The van der Waals surface area contributed by atoms with Gasteiger partial charge in [0.1, 0.15) is 11.4 Å². The maximum Gasteiger partial charge on any atom is 0.433 e. The number of aryl methyl sites for hydroxylation is 4. The van der Waals surface area contributed by atoms with Crippen LogP contribution in [0.2, 0.25) is 0 Å². The molecule has 0 aliphatic carbocycles. The van der Waals surface area contributed by atoms with E-state index in [4.69, 9.17) is 0 Å². The molecule has 0 spiro atoms. The number of alkyl halides is 3. The van der Waals surface area contributed by atoms with Gasteiger partial charge in [-0.15, -0.1) is 0 Å². The Labute approximate surface area is 109 Å². The van der Waals surface area contributed by atoms with Crippen molar-refractivity contribution in [3.63, 3.8) is 0 Å². The second-order valence-corrected chi connectivity index (χ2v) is 4.59. The van der Waals surface area contributed by atoms with Crippen LogP contribution in [-0.4, -0.2) is 14.8 Å². The van der Waals surface area contributed by atoms with Gasteiger partial charge in [-0.3, -0.25) is 9.67 Å². The Morgan fingerprint density at radius 3 is 2.21 bits per heavy atom. The van der Waals surface area contributed by atoms with Crippen molar-refractivity contribution in [3.8, 4) is 11.4 Å². The number of hydrogen-bond donors (Lipinski definition) is 0. The summed E-state index contributed by atoms with van der Waals surface area (Å²) in [4.78, 5) is 4.34. The van der Waals surface area contributed by atoms with Gasteiger partial charge in [-0.25, -0.2) is 0 Å². The maximum atomic E-state index is 12.7. The summed E-state index contributed by atoms with van der Waals surface area (Å²) in [6, 6.07) is 2.93. The van der Waals surface area contributed by atoms with E-state index in [2.05, 4.69) is 10.1 Å². The van der Waals surface area contributed by atoms with Crippen molar-refractivity contribution in [2.75, 3.05) is 0 Å². The minimum Gasteiger partial charge on any atom is -0.263 e. The molecule has 0 fully saturated rings. The summed E-state index contributed by atoms with van der Waals surface area (Å²) < 4.78 is 39.1. The molecule has 0 bridgehead atoms. The zero-order chi connectivity index (χ0) is 14.4. The lowest BCUT2D eigenvalue weighted by Gasteiger charge is -2.06. The molecule has 6 heteroatoms. The molecular weight excluding hydrogens is 255 g/mol. The van der Waals surface area contributed by atoms with Crippen LogP contribution in [0.15, 0.2) is 12.1 Å². The van der Waals surface area contributed by atoms with Crippen LogP contribution >= 0.6 is 0 Å². The molecule has 2 heterocycles. The molecule has 2 aromatic rings. The highest BCUT2D eigenvalue weighted by Gasteiger charge is 2.35. The van der Waals surface area contributed by atoms with Gasteiger partial charge in [0, 0.05) is 12.7 Å². The summed E-state index contributed by atoms with van der Waals surface area (Å²) >= 11 is 0. The van der Waals surface area contributed by atoms with E-state index in [0.29, 0.717) is 5.69 Å². The molecule has 0 N–H and O–H groups in total. The van der Waals surface area contributed by atoms with Gasteiger partial charge >= 0.3 is 6.18 Å². The highest BCUT2D eigenvalue weighted by atomic mass is 19.4. The molecule has 102 valence electrons. The number of halogens is 3. The highest BCUT2D eigenvalue weighted by molar-refractivity contribution is 5.60. The first kappa shape index (κ1) is 13.6. The average molecular weight is 269 g/mol. The lowest BCUT2D eigenvalue weighted by Crippen LogP contribution is -2.11. The lowest BCUT2D eigenvalue weighted by atomic mass is 10.1. The Morgan fingerprint density at radius 1 is 1.05 bits per heavy atom. The standard InChI is InChI=1S/C13H14F3N3/c1-7-5-8(2)12(17-9(7)3)10-6-11(13(14,15)16)19(4)18-10/h5-6H,1-4H3. The fourth-order valence-electron chi connectivity index (χ4n) is 1.95. The average Bonchev–Trinajstić information content (AvgIpc) is 2.65. The van der Waals surface area contributed by atoms with E-state index >= 15 is 0 Å². The Hall–Kier alpha value is -1.85. The van der Waals surface area contributed by atoms with E-state index < -0.39 is 11.9 Å². The van der Waals surface area contributed by atoms with E-state index in [1.54, 1.807) is 0 Å². The van der Waals surface area contributed by atoms with Gasteiger partial charge in [0.05, 0.1) is 5.69 Å². The van der Waals surface area contributed by atoms with Gasteiger partial charge in [-0.05, 0) is 38.0 Å². The second-order valence-electron chi connectivity index (χ2n) is 4.59. The van der Waals surface area contributed by atoms with Crippen molar-refractivity contribution >= 4 is 0 Å². The monoisotopic (exact) mass is 269 g/mol. The maximum absolute atomic E-state index is 12.7. The molecule has 0 aliphatic heterocycles. The van der Waals surface area contributed by atoms with Gasteiger partial charge in [0.15, 0.2) is 0 Å². The van der Waals surface area contributed by atoms with E-state index in [0.717, 1.165) is 27.6 Å². The zero-order valence-electron chi connectivity index (χ0n) is 11.1. The summed E-state index contributed by atoms with van der Waals surface area (Å²) in [6.45, 7) is 5.56. The van der Waals surface area contributed by atoms with Gasteiger partial charge in [0.2, 0.25) is 0 Å². The summed E-state index contributed by atoms with van der Waals surface area (Å²) in [5.74, 6) is 0. The fourth-order valence-corrected chi connectivity index (χ4v) is 1.95. The van der Waals surface area contributed by atoms with Crippen LogP contribution in [0.1, 0.15) is 22.5 Å². The zero-order valence-corrected chi connectivity index (χ0v) is 11.1. The first-order chi connectivity index (χ1) is 8.70. The quantitative estimate of drug-likeness (QED) is 0.794.